The van der Waals surface area contributed by atoms with Crippen LogP contribution in [0.1, 0.15) is 18.4 Å². The maximum atomic E-state index is 11.0. The molecule has 0 radical (unpaired) electrons. The highest BCUT2D eigenvalue weighted by molar-refractivity contribution is 8.26. The van der Waals surface area contributed by atoms with Crippen LogP contribution in [0, 0.1) is 6.92 Å². The molecule has 0 bridgehead atoms. The van der Waals surface area contributed by atoms with Crippen molar-refractivity contribution in [3.63, 3.8) is 0 Å². The number of anilines is 2. The van der Waals surface area contributed by atoms with Gasteiger partial charge in [0.05, 0.1) is 5.69 Å². The fraction of sp³-hybridized carbons (Fsp3) is 0.333. The van der Waals surface area contributed by atoms with Crippen LogP contribution in [0.5, 0.6) is 5.75 Å². The molecule has 3 rings (SSSR count). The Morgan fingerprint density at radius 1 is 1.12 bits per heavy atom. The van der Waals surface area contributed by atoms with E-state index < -0.39 is 16.2 Å². The number of fused-ring (bicyclic) bond motifs is 1. The largest absolute Gasteiger partial charge is 0.467 e. The van der Waals surface area contributed by atoms with Crippen molar-refractivity contribution in [3.8, 4) is 5.75 Å². The quantitative estimate of drug-likeness (QED) is 0.694. The van der Waals surface area contributed by atoms with Crippen molar-refractivity contribution < 1.29 is 13.8 Å². The summed E-state index contributed by atoms with van der Waals surface area (Å²) >= 11 is 0. The minimum Gasteiger partial charge on any atom is -0.467 e. The van der Waals surface area contributed by atoms with Gasteiger partial charge in [0.15, 0.2) is 0 Å². The van der Waals surface area contributed by atoms with E-state index in [4.69, 9.17) is 4.74 Å². The molecule has 1 atom stereocenters. The Morgan fingerprint density at radius 3 is 2.54 bits per heavy atom. The number of hydrogen-bond acceptors (Lipinski definition) is 5. The molecule has 0 amide bonds. The Kier molecular flexibility index (Phi) is 5.01. The average Bonchev–Trinajstić information content (AvgIpc) is 2.56. The van der Waals surface area contributed by atoms with Crippen molar-refractivity contribution in [2.45, 2.75) is 25.2 Å². The summed E-state index contributed by atoms with van der Waals surface area (Å²) in [6, 6.07) is 15.3. The van der Waals surface area contributed by atoms with Crippen molar-refractivity contribution in [2.75, 3.05) is 17.9 Å². The van der Waals surface area contributed by atoms with Gasteiger partial charge in [0, 0.05) is 6.42 Å². The zero-order valence-electron chi connectivity index (χ0n) is 14.0. The van der Waals surface area contributed by atoms with Crippen molar-refractivity contribution >= 4 is 22.2 Å². The molecule has 0 aromatic heterocycles. The summed E-state index contributed by atoms with van der Waals surface area (Å²) in [5, 5.41) is 3.08. The summed E-state index contributed by atoms with van der Waals surface area (Å²) in [5.41, 5.74) is 1.92. The fourth-order valence-corrected chi connectivity index (χ4v) is 4.65. The molecule has 1 heterocycles. The number of nitrogens with zero attached hydrogens (tertiary/aromatic N) is 1. The molecule has 5 nitrogen and oxygen atoms in total. The van der Waals surface area contributed by atoms with Crippen LogP contribution < -0.4 is 14.4 Å². The second kappa shape index (κ2) is 7.03. The van der Waals surface area contributed by atoms with Gasteiger partial charge in [-0.3, -0.25) is 9.11 Å². The minimum atomic E-state index is -3.14. The minimum absolute atomic E-state index is 0.569. The summed E-state index contributed by atoms with van der Waals surface area (Å²) < 4.78 is 29.5. The fourth-order valence-electron chi connectivity index (χ4n) is 2.83. The standard InChI is InChI=1S/C18H24N2O3S/c1-14-9-11-15(12-10-14)20-16-6-3-4-7-17(16)23-18(24(20,21)22)8-5-13-19-2/h3-4,6-7,9-12,18-19,21-22H,5,8,13H2,1-2H3. The predicted octanol–water partition coefficient (Wildman–Crippen LogP) is 4.52. The number of hydrogen-bond donors (Lipinski definition) is 3. The van der Waals surface area contributed by atoms with Crippen LogP contribution in [0.2, 0.25) is 0 Å². The third-order valence-electron chi connectivity index (χ3n) is 4.10. The highest BCUT2D eigenvalue weighted by Gasteiger charge is 2.40. The molecule has 24 heavy (non-hydrogen) atoms. The van der Waals surface area contributed by atoms with Crippen LogP contribution >= 0.6 is 10.8 Å². The molecule has 0 spiro atoms. The Labute approximate surface area is 144 Å². The Hall–Kier alpha value is -1.73. The summed E-state index contributed by atoms with van der Waals surface area (Å²) in [4.78, 5) is 0. The van der Waals surface area contributed by atoms with E-state index in [0.717, 1.165) is 24.2 Å². The average molecular weight is 348 g/mol. The molecule has 0 aliphatic carbocycles. The van der Waals surface area contributed by atoms with Crippen molar-refractivity contribution in [3.05, 3.63) is 54.1 Å². The van der Waals surface area contributed by atoms with Crippen molar-refractivity contribution in [1.82, 2.24) is 5.32 Å². The summed E-state index contributed by atoms with van der Waals surface area (Å²) in [5.74, 6) is 0.679. The Morgan fingerprint density at radius 2 is 1.83 bits per heavy atom. The van der Waals surface area contributed by atoms with E-state index in [-0.39, 0.29) is 0 Å². The third-order valence-corrected chi connectivity index (χ3v) is 6.08. The maximum absolute atomic E-state index is 11.0. The number of ether oxygens (including phenoxy) is 1. The summed E-state index contributed by atoms with van der Waals surface area (Å²) in [6.07, 6.45) is 1.38. The zero-order chi connectivity index (χ0) is 17.2. The molecule has 1 aliphatic rings. The highest BCUT2D eigenvalue weighted by Crippen LogP contribution is 2.61. The molecular formula is C18H24N2O3S. The predicted molar refractivity (Wildman–Crippen MR) is 100 cm³/mol. The lowest BCUT2D eigenvalue weighted by Crippen LogP contribution is -2.39. The van der Waals surface area contributed by atoms with Crippen LogP contribution in [-0.4, -0.2) is 28.1 Å². The van der Waals surface area contributed by atoms with Gasteiger partial charge in [-0.25, -0.2) is 4.31 Å². The van der Waals surface area contributed by atoms with E-state index in [2.05, 4.69) is 5.32 Å². The molecular weight excluding hydrogens is 324 g/mol. The molecule has 2 aromatic rings. The smallest absolute Gasteiger partial charge is 0.206 e. The molecule has 1 unspecified atom stereocenters. The van der Waals surface area contributed by atoms with E-state index in [1.165, 1.54) is 0 Å². The molecule has 130 valence electrons. The summed E-state index contributed by atoms with van der Waals surface area (Å²) in [7, 11) is -1.26. The van der Waals surface area contributed by atoms with E-state index >= 15 is 0 Å². The maximum Gasteiger partial charge on any atom is 0.206 e. The molecule has 2 aromatic carbocycles. The van der Waals surface area contributed by atoms with Gasteiger partial charge in [0.25, 0.3) is 0 Å². The number of aryl methyl sites for hydroxylation is 1. The second-order valence-electron chi connectivity index (χ2n) is 5.95. The number of rotatable bonds is 5. The van der Waals surface area contributed by atoms with Crippen LogP contribution in [0.25, 0.3) is 0 Å². The number of benzene rings is 2. The lowest BCUT2D eigenvalue weighted by molar-refractivity contribution is 0.235. The SMILES string of the molecule is CNCCCC1Oc2ccccc2N(c2ccc(C)cc2)S1(O)O. The van der Waals surface area contributed by atoms with Gasteiger partial charge in [-0.05, 0) is 51.2 Å². The second-order valence-corrected chi connectivity index (χ2v) is 7.97. The molecule has 6 heteroatoms. The van der Waals surface area contributed by atoms with E-state index in [1.54, 1.807) is 4.31 Å². The Bertz CT molecular complexity index is 691. The monoisotopic (exact) mass is 348 g/mol. The first kappa shape index (κ1) is 17.1. The molecule has 0 saturated heterocycles. The van der Waals surface area contributed by atoms with Gasteiger partial charge in [-0.1, -0.05) is 40.6 Å². The van der Waals surface area contributed by atoms with Crippen molar-refractivity contribution in [2.24, 2.45) is 0 Å². The van der Waals surface area contributed by atoms with Crippen LogP contribution in [0.15, 0.2) is 48.5 Å². The number of para-hydroxylation sites is 2. The summed E-state index contributed by atoms with van der Waals surface area (Å²) in [6.45, 7) is 2.82. The molecule has 1 aliphatic heterocycles. The van der Waals surface area contributed by atoms with Gasteiger partial charge in [-0.15, -0.1) is 0 Å². The third kappa shape index (κ3) is 3.23. The number of nitrogens with one attached hydrogen (secondary N) is 1. The first-order chi connectivity index (χ1) is 11.5. The van der Waals surface area contributed by atoms with Gasteiger partial charge in [0.2, 0.25) is 5.44 Å². The highest BCUT2D eigenvalue weighted by atomic mass is 32.3. The first-order valence-electron chi connectivity index (χ1n) is 8.08. The van der Waals surface area contributed by atoms with Gasteiger partial charge >= 0.3 is 0 Å². The van der Waals surface area contributed by atoms with E-state index in [1.807, 2.05) is 62.5 Å². The topological polar surface area (TPSA) is 65.0 Å². The van der Waals surface area contributed by atoms with Crippen LogP contribution in [0.3, 0.4) is 0 Å². The normalized spacial score (nSPS) is 20.2. The Balaban J connectivity index is 2.01. The van der Waals surface area contributed by atoms with Gasteiger partial charge in [0.1, 0.15) is 11.4 Å². The molecule has 0 fully saturated rings. The van der Waals surface area contributed by atoms with E-state index in [0.29, 0.717) is 17.9 Å². The zero-order valence-corrected chi connectivity index (χ0v) is 14.8. The molecule has 0 saturated carbocycles. The van der Waals surface area contributed by atoms with Crippen molar-refractivity contribution in [1.29, 1.82) is 0 Å². The molecule has 3 N–H and O–H groups in total. The van der Waals surface area contributed by atoms with Gasteiger partial charge < -0.3 is 10.1 Å². The first-order valence-corrected chi connectivity index (χ1v) is 9.65. The van der Waals surface area contributed by atoms with Gasteiger partial charge in [-0.2, -0.15) is 0 Å². The van der Waals surface area contributed by atoms with Crippen LogP contribution in [-0.2, 0) is 0 Å². The van der Waals surface area contributed by atoms with Crippen LogP contribution in [0.4, 0.5) is 11.4 Å². The van der Waals surface area contributed by atoms with E-state index in [9.17, 15) is 9.11 Å². The lowest BCUT2D eigenvalue weighted by atomic mass is 10.2. The lowest BCUT2D eigenvalue weighted by Gasteiger charge is -2.51.